The molecule has 4 rings (SSSR count). The van der Waals surface area contributed by atoms with Crippen molar-refractivity contribution in [3.63, 3.8) is 0 Å². The molecule has 154 valence electrons. The second-order valence-corrected chi connectivity index (χ2v) is 8.23. The van der Waals surface area contributed by atoms with Crippen LogP contribution >= 0.6 is 0 Å². The average molecular weight is 394 g/mol. The Morgan fingerprint density at radius 2 is 1.69 bits per heavy atom. The number of anilines is 2. The Balaban J connectivity index is 1.32. The fourth-order valence-corrected chi connectivity index (χ4v) is 4.30. The van der Waals surface area contributed by atoms with E-state index in [4.69, 9.17) is 0 Å². The van der Waals surface area contributed by atoms with E-state index in [0.29, 0.717) is 5.69 Å². The van der Waals surface area contributed by atoms with Crippen molar-refractivity contribution in [3.8, 4) is 0 Å². The minimum Gasteiger partial charge on any atom is -0.368 e. The van der Waals surface area contributed by atoms with Crippen molar-refractivity contribution >= 4 is 17.4 Å². The molecule has 0 spiro atoms. The predicted octanol–water partition coefficient (Wildman–Crippen LogP) is 3.56. The van der Waals surface area contributed by atoms with Gasteiger partial charge in [0.2, 0.25) is 0 Å². The SMILES string of the molecule is Cc1cccc(N2CCN(c3cnc(C(=O)NC4CCCCCC4)cn3)CC2)c1. The fraction of sp³-hybridized carbons (Fsp3) is 0.522. The first-order valence-electron chi connectivity index (χ1n) is 10.9. The van der Waals surface area contributed by atoms with Crippen LogP contribution in [0, 0.1) is 6.92 Å². The summed E-state index contributed by atoms with van der Waals surface area (Å²) in [5, 5.41) is 3.14. The summed E-state index contributed by atoms with van der Waals surface area (Å²) in [7, 11) is 0. The summed E-state index contributed by atoms with van der Waals surface area (Å²) in [6, 6.07) is 8.92. The van der Waals surface area contributed by atoms with E-state index in [9.17, 15) is 4.79 Å². The van der Waals surface area contributed by atoms with Crippen LogP contribution in [0.4, 0.5) is 11.5 Å². The molecule has 2 heterocycles. The van der Waals surface area contributed by atoms with Crippen LogP contribution in [0.3, 0.4) is 0 Å². The van der Waals surface area contributed by atoms with Crippen LogP contribution in [-0.2, 0) is 0 Å². The molecule has 1 aliphatic carbocycles. The Kier molecular flexibility index (Phi) is 6.27. The molecule has 2 fully saturated rings. The van der Waals surface area contributed by atoms with Gasteiger partial charge in [-0.25, -0.2) is 9.97 Å². The number of aryl methyl sites for hydroxylation is 1. The molecule has 0 unspecified atom stereocenters. The molecule has 0 radical (unpaired) electrons. The Labute approximate surface area is 173 Å². The molecular weight excluding hydrogens is 362 g/mol. The van der Waals surface area contributed by atoms with Gasteiger partial charge in [-0.15, -0.1) is 0 Å². The summed E-state index contributed by atoms with van der Waals surface area (Å²) in [5.41, 5.74) is 2.98. The largest absolute Gasteiger partial charge is 0.368 e. The number of hydrogen-bond donors (Lipinski definition) is 1. The predicted molar refractivity (Wildman–Crippen MR) is 117 cm³/mol. The van der Waals surface area contributed by atoms with Crippen molar-refractivity contribution in [3.05, 3.63) is 47.9 Å². The van der Waals surface area contributed by atoms with Crippen LogP contribution in [0.15, 0.2) is 36.7 Å². The second-order valence-electron chi connectivity index (χ2n) is 8.23. The van der Waals surface area contributed by atoms with E-state index in [1.807, 2.05) is 0 Å². The van der Waals surface area contributed by atoms with Gasteiger partial charge in [-0.1, -0.05) is 37.8 Å². The normalized spacial score (nSPS) is 18.4. The lowest BCUT2D eigenvalue weighted by atomic mass is 10.1. The van der Waals surface area contributed by atoms with Crippen LogP contribution in [0.25, 0.3) is 0 Å². The van der Waals surface area contributed by atoms with Crippen molar-refractivity contribution in [1.29, 1.82) is 0 Å². The molecule has 6 heteroatoms. The fourth-order valence-electron chi connectivity index (χ4n) is 4.30. The van der Waals surface area contributed by atoms with Gasteiger partial charge in [0, 0.05) is 37.9 Å². The van der Waals surface area contributed by atoms with Crippen molar-refractivity contribution in [1.82, 2.24) is 15.3 Å². The summed E-state index contributed by atoms with van der Waals surface area (Å²) >= 11 is 0. The van der Waals surface area contributed by atoms with Crippen LogP contribution in [0.2, 0.25) is 0 Å². The number of amides is 1. The van der Waals surface area contributed by atoms with Gasteiger partial charge in [-0.05, 0) is 37.5 Å². The Hall–Kier alpha value is -2.63. The molecule has 0 bridgehead atoms. The van der Waals surface area contributed by atoms with Crippen LogP contribution in [-0.4, -0.2) is 48.1 Å². The highest BCUT2D eigenvalue weighted by Gasteiger charge is 2.20. The van der Waals surface area contributed by atoms with Gasteiger partial charge in [0.1, 0.15) is 11.5 Å². The minimum absolute atomic E-state index is 0.0970. The molecule has 2 aromatic rings. The van der Waals surface area contributed by atoms with E-state index in [1.54, 1.807) is 12.4 Å². The Bertz CT molecular complexity index is 806. The first kappa shape index (κ1) is 19.7. The van der Waals surface area contributed by atoms with Gasteiger partial charge in [0.05, 0.1) is 12.4 Å². The van der Waals surface area contributed by atoms with Crippen molar-refractivity contribution in [2.75, 3.05) is 36.0 Å². The zero-order valence-corrected chi connectivity index (χ0v) is 17.3. The molecule has 1 aromatic heterocycles. The standard InChI is InChI=1S/C23H31N5O/c1-18-7-6-10-20(15-18)27-11-13-28(14-12-27)22-17-24-21(16-25-22)23(29)26-19-8-4-2-3-5-9-19/h6-7,10,15-17,19H,2-5,8-9,11-14H2,1H3,(H,26,29). The molecule has 1 saturated carbocycles. The number of benzene rings is 1. The number of nitrogens with one attached hydrogen (secondary N) is 1. The Morgan fingerprint density at radius 3 is 2.34 bits per heavy atom. The van der Waals surface area contributed by atoms with Crippen molar-refractivity contribution < 1.29 is 4.79 Å². The van der Waals surface area contributed by atoms with Crippen molar-refractivity contribution in [2.45, 2.75) is 51.5 Å². The smallest absolute Gasteiger partial charge is 0.271 e. The first-order valence-corrected chi connectivity index (χ1v) is 10.9. The zero-order chi connectivity index (χ0) is 20.1. The van der Waals surface area contributed by atoms with E-state index in [2.05, 4.69) is 56.3 Å². The van der Waals surface area contributed by atoms with E-state index < -0.39 is 0 Å². The lowest BCUT2D eigenvalue weighted by Crippen LogP contribution is -2.47. The zero-order valence-electron chi connectivity index (χ0n) is 17.3. The first-order chi connectivity index (χ1) is 14.2. The van der Waals surface area contributed by atoms with Crippen LogP contribution in [0.1, 0.15) is 54.6 Å². The lowest BCUT2D eigenvalue weighted by Gasteiger charge is -2.36. The maximum atomic E-state index is 12.5. The molecule has 1 aliphatic heterocycles. The van der Waals surface area contributed by atoms with Gasteiger partial charge in [-0.2, -0.15) is 0 Å². The monoisotopic (exact) mass is 393 g/mol. The number of aromatic nitrogens is 2. The lowest BCUT2D eigenvalue weighted by molar-refractivity contribution is 0.0928. The number of rotatable bonds is 4. The maximum Gasteiger partial charge on any atom is 0.271 e. The topological polar surface area (TPSA) is 61.4 Å². The molecule has 0 atom stereocenters. The molecule has 2 aliphatic rings. The molecule has 1 saturated heterocycles. The third-order valence-electron chi connectivity index (χ3n) is 6.03. The second kappa shape index (κ2) is 9.25. The molecular formula is C23H31N5O. The van der Waals surface area contributed by atoms with E-state index in [-0.39, 0.29) is 11.9 Å². The summed E-state index contributed by atoms with van der Waals surface area (Å²) in [6.07, 6.45) is 10.5. The quantitative estimate of drug-likeness (QED) is 0.805. The third-order valence-corrected chi connectivity index (χ3v) is 6.03. The molecule has 29 heavy (non-hydrogen) atoms. The number of nitrogens with zero attached hydrogens (tertiary/aromatic N) is 4. The van der Waals surface area contributed by atoms with Gasteiger partial charge in [-0.3, -0.25) is 4.79 Å². The highest BCUT2D eigenvalue weighted by atomic mass is 16.1. The summed E-state index contributed by atoms with van der Waals surface area (Å²) in [5.74, 6) is 0.750. The number of hydrogen-bond acceptors (Lipinski definition) is 5. The third kappa shape index (κ3) is 5.05. The summed E-state index contributed by atoms with van der Waals surface area (Å²) in [4.78, 5) is 26.1. The molecule has 1 aromatic carbocycles. The maximum absolute atomic E-state index is 12.5. The van der Waals surface area contributed by atoms with Crippen LogP contribution in [0.5, 0.6) is 0 Å². The van der Waals surface area contributed by atoms with Crippen LogP contribution < -0.4 is 15.1 Å². The van der Waals surface area contributed by atoms with Gasteiger partial charge in [0.15, 0.2) is 0 Å². The van der Waals surface area contributed by atoms with Crippen molar-refractivity contribution in [2.24, 2.45) is 0 Å². The highest BCUT2D eigenvalue weighted by molar-refractivity contribution is 5.92. The van der Waals surface area contributed by atoms with Gasteiger partial charge < -0.3 is 15.1 Å². The number of piperazine rings is 1. The van der Waals surface area contributed by atoms with E-state index >= 15 is 0 Å². The number of carbonyl (C=O) groups excluding carboxylic acids is 1. The molecule has 1 N–H and O–H groups in total. The summed E-state index contributed by atoms with van der Waals surface area (Å²) < 4.78 is 0. The Morgan fingerprint density at radius 1 is 0.966 bits per heavy atom. The molecule has 1 amide bonds. The summed E-state index contributed by atoms with van der Waals surface area (Å²) in [6.45, 7) is 5.83. The van der Waals surface area contributed by atoms with Gasteiger partial charge in [0.25, 0.3) is 5.91 Å². The molecule has 6 nitrogen and oxygen atoms in total. The van der Waals surface area contributed by atoms with E-state index in [1.165, 1.54) is 36.9 Å². The average Bonchev–Trinajstić information content (AvgIpc) is 3.03. The minimum atomic E-state index is -0.0970. The van der Waals surface area contributed by atoms with E-state index in [0.717, 1.165) is 44.8 Å². The van der Waals surface area contributed by atoms with Gasteiger partial charge >= 0.3 is 0 Å². The highest BCUT2D eigenvalue weighted by Crippen LogP contribution is 2.20. The number of carbonyl (C=O) groups is 1.